The van der Waals surface area contributed by atoms with Gasteiger partial charge in [0.05, 0.1) is 24.9 Å². The van der Waals surface area contributed by atoms with Gasteiger partial charge in [-0.05, 0) is 19.4 Å². The number of amides is 2. The largest absolute Gasteiger partial charge is 0.444 e. The van der Waals surface area contributed by atoms with Crippen LogP contribution in [0.5, 0.6) is 0 Å². The average Bonchev–Trinajstić information content (AvgIpc) is 2.92. The lowest BCUT2D eigenvalue weighted by molar-refractivity contribution is -0.0133. The summed E-state index contributed by atoms with van der Waals surface area (Å²) in [6.07, 6.45) is 0.834. The molecule has 1 fully saturated rings. The van der Waals surface area contributed by atoms with E-state index in [1.54, 1.807) is 4.90 Å². The van der Waals surface area contributed by atoms with Gasteiger partial charge >= 0.3 is 6.03 Å². The van der Waals surface area contributed by atoms with Gasteiger partial charge in [-0.15, -0.1) is 0 Å². The highest BCUT2D eigenvalue weighted by Crippen LogP contribution is 2.12. The molecule has 1 unspecified atom stereocenters. The van der Waals surface area contributed by atoms with Crippen molar-refractivity contribution in [2.24, 2.45) is 0 Å². The Morgan fingerprint density at radius 2 is 2.12 bits per heavy atom. The third kappa shape index (κ3) is 4.14. The van der Waals surface area contributed by atoms with E-state index in [1.807, 2.05) is 32.0 Å². The quantitative estimate of drug-likeness (QED) is 0.935. The van der Waals surface area contributed by atoms with Crippen LogP contribution in [0.3, 0.4) is 0 Å². The third-order valence-corrected chi connectivity index (χ3v) is 4.20. The van der Waals surface area contributed by atoms with Gasteiger partial charge in [0.15, 0.2) is 0 Å². The molecule has 1 aliphatic heterocycles. The number of morpholine rings is 1. The zero-order valence-electron chi connectivity index (χ0n) is 14.1. The Kier molecular flexibility index (Phi) is 5.15. The number of benzene rings is 1. The van der Waals surface area contributed by atoms with E-state index < -0.39 is 0 Å². The van der Waals surface area contributed by atoms with Crippen molar-refractivity contribution in [3.05, 3.63) is 53.2 Å². The lowest BCUT2D eigenvalue weighted by Gasteiger charge is -2.33. The van der Waals surface area contributed by atoms with Crippen LogP contribution in [0.1, 0.15) is 22.9 Å². The maximum atomic E-state index is 12.4. The first-order chi connectivity index (χ1) is 11.6. The number of aromatic nitrogens is 1. The van der Waals surface area contributed by atoms with Crippen LogP contribution in [0.4, 0.5) is 4.79 Å². The molecular weight excluding hydrogens is 306 g/mol. The average molecular weight is 329 g/mol. The van der Waals surface area contributed by atoms with Crippen LogP contribution in [0.25, 0.3) is 0 Å². The Balaban J connectivity index is 1.51. The molecule has 1 aromatic heterocycles. The highest BCUT2D eigenvalue weighted by Gasteiger charge is 2.24. The summed E-state index contributed by atoms with van der Waals surface area (Å²) < 4.78 is 11.3. The number of hydrogen-bond acceptors (Lipinski definition) is 4. The van der Waals surface area contributed by atoms with Crippen molar-refractivity contribution in [1.29, 1.82) is 0 Å². The van der Waals surface area contributed by atoms with Gasteiger partial charge in [0.1, 0.15) is 5.76 Å². The summed E-state index contributed by atoms with van der Waals surface area (Å²) in [7, 11) is 0. The van der Waals surface area contributed by atoms with Crippen LogP contribution in [-0.4, -0.2) is 41.7 Å². The number of ether oxygens (including phenoxy) is 1. The van der Waals surface area contributed by atoms with Gasteiger partial charge in [-0.3, -0.25) is 0 Å². The second-order valence-electron chi connectivity index (χ2n) is 6.04. The number of urea groups is 1. The number of hydrogen-bond donors (Lipinski definition) is 1. The fourth-order valence-corrected chi connectivity index (χ4v) is 2.78. The molecule has 0 radical (unpaired) electrons. The molecule has 0 bridgehead atoms. The molecule has 2 amide bonds. The van der Waals surface area contributed by atoms with Crippen molar-refractivity contribution in [1.82, 2.24) is 15.2 Å². The van der Waals surface area contributed by atoms with Crippen molar-refractivity contribution in [2.75, 3.05) is 19.7 Å². The van der Waals surface area contributed by atoms with Gasteiger partial charge in [-0.25, -0.2) is 9.78 Å². The van der Waals surface area contributed by atoms with E-state index in [-0.39, 0.29) is 12.1 Å². The molecule has 128 valence electrons. The zero-order valence-corrected chi connectivity index (χ0v) is 14.1. The SMILES string of the molecule is Cc1nc(CNC(=O)N2CCOC(Cc3ccccc3)C2)oc1C. The Hall–Kier alpha value is -2.34. The topological polar surface area (TPSA) is 67.6 Å². The van der Waals surface area contributed by atoms with Crippen LogP contribution in [-0.2, 0) is 17.7 Å². The monoisotopic (exact) mass is 329 g/mol. The van der Waals surface area contributed by atoms with Crippen LogP contribution in [0, 0.1) is 13.8 Å². The molecule has 2 heterocycles. The fraction of sp³-hybridized carbons (Fsp3) is 0.444. The maximum Gasteiger partial charge on any atom is 0.318 e. The summed E-state index contributed by atoms with van der Waals surface area (Å²) in [6, 6.07) is 10.1. The van der Waals surface area contributed by atoms with Crippen LogP contribution in [0.2, 0.25) is 0 Å². The van der Waals surface area contributed by atoms with E-state index in [0.29, 0.717) is 32.1 Å². The van der Waals surface area contributed by atoms with E-state index in [2.05, 4.69) is 22.4 Å². The molecule has 1 aromatic carbocycles. The number of rotatable bonds is 4. The first-order valence-corrected chi connectivity index (χ1v) is 8.23. The van der Waals surface area contributed by atoms with Crippen molar-refractivity contribution < 1.29 is 13.9 Å². The van der Waals surface area contributed by atoms with E-state index in [0.717, 1.165) is 17.9 Å². The Morgan fingerprint density at radius 1 is 1.33 bits per heavy atom. The normalized spacial score (nSPS) is 17.8. The second-order valence-corrected chi connectivity index (χ2v) is 6.04. The lowest BCUT2D eigenvalue weighted by atomic mass is 10.1. The van der Waals surface area contributed by atoms with Crippen molar-refractivity contribution in [3.63, 3.8) is 0 Å². The highest BCUT2D eigenvalue weighted by molar-refractivity contribution is 5.74. The molecule has 24 heavy (non-hydrogen) atoms. The van der Waals surface area contributed by atoms with E-state index in [9.17, 15) is 4.79 Å². The summed E-state index contributed by atoms with van der Waals surface area (Å²) in [5.74, 6) is 1.32. The van der Waals surface area contributed by atoms with Crippen molar-refractivity contribution in [3.8, 4) is 0 Å². The molecule has 1 N–H and O–H groups in total. The standard InChI is InChI=1S/C18H23N3O3/c1-13-14(2)24-17(20-13)11-19-18(22)21-8-9-23-16(12-21)10-15-6-4-3-5-7-15/h3-7,16H,8-12H2,1-2H3,(H,19,22). The number of carbonyl (C=O) groups excluding carboxylic acids is 1. The summed E-state index contributed by atoms with van der Waals surface area (Å²) in [5.41, 5.74) is 2.07. The first kappa shape index (κ1) is 16.5. The Labute approximate surface area is 141 Å². The smallest absolute Gasteiger partial charge is 0.318 e. The lowest BCUT2D eigenvalue weighted by Crippen LogP contribution is -2.50. The summed E-state index contributed by atoms with van der Waals surface area (Å²) >= 11 is 0. The molecular formula is C18H23N3O3. The van der Waals surface area contributed by atoms with Crippen LogP contribution >= 0.6 is 0 Å². The van der Waals surface area contributed by atoms with Crippen LogP contribution < -0.4 is 5.32 Å². The summed E-state index contributed by atoms with van der Waals surface area (Å²) in [5, 5.41) is 2.87. The minimum atomic E-state index is -0.107. The maximum absolute atomic E-state index is 12.4. The van der Waals surface area contributed by atoms with Gasteiger partial charge in [-0.1, -0.05) is 30.3 Å². The molecule has 0 spiro atoms. The summed E-state index contributed by atoms with van der Waals surface area (Å²) in [6.45, 7) is 5.80. The number of aryl methyl sites for hydroxylation is 2. The third-order valence-electron chi connectivity index (χ3n) is 4.20. The van der Waals surface area contributed by atoms with Gasteiger partial charge in [0, 0.05) is 19.5 Å². The Morgan fingerprint density at radius 3 is 2.83 bits per heavy atom. The molecule has 0 aliphatic carbocycles. The molecule has 1 saturated heterocycles. The number of carbonyl (C=O) groups is 1. The zero-order chi connectivity index (χ0) is 16.9. The molecule has 6 heteroatoms. The van der Waals surface area contributed by atoms with Gasteiger partial charge in [0.25, 0.3) is 0 Å². The predicted octanol–water partition coefficient (Wildman–Crippen LogP) is 2.44. The molecule has 0 saturated carbocycles. The highest BCUT2D eigenvalue weighted by atomic mass is 16.5. The second kappa shape index (κ2) is 7.49. The number of nitrogens with one attached hydrogen (secondary N) is 1. The molecule has 1 aliphatic rings. The molecule has 2 aromatic rings. The minimum Gasteiger partial charge on any atom is -0.444 e. The van der Waals surface area contributed by atoms with E-state index >= 15 is 0 Å². The predicted molar refractivity (Wildman–Crippen MR) is 89.7 cm³/mol. The number of nitrogens with zero attached hydrogens (tertiary/aromatic N) is 2. The van der Waals surface area contributed by atoms with Crippen LogP contribution in [0.15, 0.2) is 34.7 Å². The Bertz CT molecular complexity index is 665. The fourth-order valence-electron chi connectivity index (χ4n) is 2.78. The number of oxazole rings is 1. The van der Waals surface area contributed by atoms with Gasteiger partial charge in [0.2, 0.25) is 5.89 Å². The molecule has 1 atom stereocenters. The molecule has 6 nitrogen and oxygen atoms in total. The first-order valence-electron chi connectivity index (χ1n) is 8.23. The van der Waals surface area contributed by atoms with E-state index in [4.69, 9.17) is 9.15 Å². The minimum absolute atomic E-state index is 0.0260. The molecule has 3 rings (SSSR count). The van der Waals surface area contributed by atoms with Crippen molar-refractivity contribution >= 4 is 6.03 Å². The van der Waals surface area contributed by atoms with Crippen molar-refractivity contribution in [2.45, 2.75) is 32.9 Å². The van der Waals surface area contributed by atoms with E-state index in [1.165, 1.54) is 5.56 Å². The van der Waals surface area contributed by atoms with Gasteiger partial charge in [-0.2, -0.15) is 0 Å². The van der Waals surface area contributed by atoms with Gasteiger partial charge < -0.3 is 19.4 Å². The summed E-state index contributed by atoms with van der Waals surface area (Å²) in [4.78, 5) is 18.4.